The Hall–Kier alpha value is -1.65. The zero-order valence-electron chi connectivity index (χ0n) is 13.8. The van der Waals surface area contributed by atoms with Gasteiger partial charge in [-0.1, -0.05) is 28.8 Å². The minimum Gasteiger partial charge on any atom is -0.351 e. The molecule has 1 rings (SSSR count). The normalized spacial score (nSPS) is 11.9. The van der Waals surface area contributed by atoms with E-state index in [1.54, 1.807) is 24.3 Å². The van der Waals surface area contributed by atoms with Gasteiger partial charge in [0.2, 0.25) is 5.91 Å². The number of halogens is 4. The maximum atomic E-state index is 12.2. The summed E-state index contributed by atoms with van der Waals surface area (Å²) in [6.07, 6.45) is -3.00. The Balaban J connectivity index is 2.13. The molecule has 0 saturated carbocycles. The number of aliphatic hydroxyl groups is 2. The van der Waals surface area contributed by atoms with Crippen LogP contribution in [0.5, 0.6) is 0 Å². The van der Waals surface area contributed by atoms with Crippen LogP contribution in [0.1, 0.15) is 32.1 Å². The molecule has 26 heavy (non-hydrogen) atoms. The van der Waals surface area contributed by atoms with Crippen LogP contribution in [0.15, 0.2) is 28.7 Å². The van der Waals surface area contributed by atoms with Crippen molar-refractivity contribution in [3.05, 3.63) is 28.7 Å². The van der Waals surface area contributed by atoms with Crippen LogP contribution >= 0.6 is 15.9 Å². The van der Waals surface area contributed by atoms with Crippen molar-refractivity contribution in [3.8, 4) is 0 Å². The lowest BCUT2D eigenvalue weighted by molar-refractivity contribution is -0.328. The molecule has 6 nitrogen and oxygen atoms in total. The van der Waals surface area contributed by atoms with E-state index in [9.17, 15) is 22.8 Å². The Morgan fingerprint density at radius 1 is 1.00 bits per heavy atom. The highest BCUT2D eigenvalue weighted by Gasteiger charge is 2.58. The fourth-order valence-electron chi connectivity index (χ4n) is 1.97. The molecule has 0 heterocycles. The summed E-state index contributed by atoms with van der Waals surface area (Å²) >= 11 is 3.29. The van der Waals surface area contributed by atoms with Gasteiger partial charge >= 0.3 is 12.0 Å². The third-order valence-corrected chi connectivity index (χ3v) is 3.98. The average molecular weight is 441 g/mol. The van der Waals surface area contributed by atoms with Gasteiger partial charge in [-0.05, 0) is 37.1 Å². The van der Waals surface area contributed by atoms with Crippen LogP contribution < -0.4 is 10.6 Å². The molecule has 1 aromatic carbocycles. The maximum Gasteiger partial charge on any atom is 0.453 e. The van der Waals surface area contributed by atoms with Crippen LogP contribution in [0.2, 0.25) is 0 Å². The van der Waals surface area contributed by atoms with Gasteiger partial charge in [-0.25, -0.2) is 0 Å². The largest absolute Gasteiger partial charge is 0.453 e. The Bertz CT molecular complexity index is 607. The van der Waals surface area contributed by atoms with Crippen molar-refractivity contribution < 1.29 is 33.0 Å². The lowest BCUT2D eigenvalue weighted by Gasteiger charge is -2.22. The molecule has 0 aliphatic carbocycles. The van der Waals surface area contributed by atoms with Crippen molar-refractivity contribution >= 4 is 33.4 Å². The molecule has 0 spiro atoms. The first-order chi connectivity index (χ1) is 12.0. The van der Waals surface area contributed by atoms with E-state index in [1.807, 2.05) is 5.32 Å². The van der Waals surface area contributed by atoms with Crippen molar-refractivity contribution in [1.82, 2.24) is 5.32 Å². The maximum absolute atomic E-state index is 12.2. The zero-order chi connectivity index (χ0) is 19.8. The van der Waals surface area contributed by atoms with E-state index in [0.29, 0.717) is 37.8 Å². The molecule has 0 bridgehead atoms. The fourth-order valence-corrected chi connectivity index (χ4v) is 2.24. The Kier molecular flexibility index (Phi) is 8.51. The molecule has 0 aromatic heterocycles. The predicted molar refractivity (Wildman–Crippen MR) is 92.1 cm³/mol. The average Bonchev–Trinajstić information content (AvgIpc) is 2.54. The number of alkyl halides is 3. The predicted octanol–water partition coefficient (Wildman–Crippen LogP) is 2.70. The number of carbonyl (C=O) groups excluding carboxylic acids is 2. The fraction of sp³-hybridized carbons (Fsp3) is 0.500. The van der Waals surface area contributed by atoms with Crippen LogP contribution in [0, 0.1) is 0 Å². The molecule has 0 atom stereocenters. The zero-order valence-corrected chi connectivity index (χ0v) is 15.4. The van der Waals surface area contributed by atoms with E-state index >= 15 is 0 Å². The van der Waals surface area contributed by atoms with Crippen LogP contribution in [0.3, 0.4) is 0 Å². The second-order valence-corrected chi connectivity index (χ2v) is 6.56. The lowest BCUT2D eigenvalue weighted by atomic mass is 10.1. The third kappa shape index (κ3) is 7.30. The number of anilines is 1. The summed E-state index contributed by atoms with van der Waals surface area (Å²) in [5.41, 5.74) is 0.682. The van der Waals surface area contributed by atoms with Gasteiger partial charge in [0.05, 0.1) is 0 Å². The quantitative estimate of drug-likeness (QED) is 0.350. The molecule has 0 unspecified atom stereocenters. The summed E-state index contributed by atoms with van der Waals surface area (Å²) in [6.45, 7) is -0.122. The van der Waals surface area contributed by atoms with E-state index in [2.05, 4.69) is 21.2 Å². The molecule has 0 saturated heterocycles. The first-order valence-electron chi connectivity index (χ1n) is 7.89. The smallest absolute Gasteiger partial charge is 0.351 e. The molecule has 2 amide bonds. The Morgan fingerprint density at radius 3 is 2.15 bits per heavy atom. The van der Waals surface area contributed by atoms with Gasteiger partial charge in [-0.15, -0.1) is 0 Å². The summed E-state index contributed by atoms with van der Waals surface area (Å²) in [5.74, 6) is -6.44. The number of amides is 2. The minimum absolute atomic E-state index is 0.122. The minimum atomic E-state index is -5.46. The summed E-state index contributed by atoms with van der Waals surface area (Å²) in [4.78, 5) is 22.8. The Morgan fingerprint density at radius 2 is 1.58 bits per heavy atom. The van der Waals surface area contributed by atoms with Gasteiger partial charge < -0.3 is 20.8 Å². The second-order valence-electron chi connectivity index (χ2n) is 5.65. The van der Waals surface area contributed by atoms with Crippen LogP contribution in [-0.4, -0.2) is 40.5 Å². The molecule has 0 aliphatic heterocycles. The van der Waals surface area contributed by atoms with Crippen molar-refractivity contribution in [3.63, 3.8) is 0 Å². The Labute approximate surface area is 156 Å². The van der Waals surface area contributed by atoms with Gasteiger partial charge in [0, 0.05) is 23.1 Å². The number of nitrogens with one attached hydrogen (secondary N) is 2. The van der Waals surface area contributed by atoms with Gasteiger partial charge in [0.25, 0.3) is 5.91 Å². The molecule has 0 aliphatic rings. The highest BCUT2D eigenvalue weighted by Crippen LogP contribution is 2.28. The molecule has 0 fully saturated rings. The van der Waals surface area contributed by atoms with Crippen molar-refractivity contribution in [2.24, 2.45) is 0 Å². The van der Waals surface area contributed by atoms with Crippen LogP contribution in [0.25, 0.3) is 0 Å². The summed E-state index contributed by atoms with van der Waals surface area (Å²) in [5, 5.41) is 22.0. The second kappa shape index (κ2) is 9.89. The SMILES string of the molecule is O=C(CCCCCCNC(=O)C(O)(O)C(F)(F)F)Nc1ccc(Br)cc1. The number of unbranched alkanes of at least 4 members (excludes halogenated alkanes) is 3. The van der Waals surface area contributed by atoms with E-state index < -0.39 is 17.9 Å². The van der Waals surface area contributed by atoms with Crippen molar-refractivity contribution in [2.45, 2.75) is 44.1 Å². The molecule has 146 valence electrons. The molecule has 4 N–H and O–H groups in total. The number of hydrogen-bond acceptors (Lipinski definition) is 4. The summed E-state index contributed by atoms with van der Waals surface area (Å²) in [6, 6.07) is 7.12. The van der Waals surface area contributed by atoms with Crippen molar-refractivity contribution in [2.75, 3.05) is 11.9 Å². The molecule has 0 radical (unpaired) electrons. The van der Waals surface area contributed by atoms with Gasteiger partial charge in [0.15, 0.2) is 0 Å². The van der Waals surface area contributed by atoms with E-state index in [-0.39, 0.29) is 12.5 Å². The lowest BCUT2D eigenvalue weighted by Crippen LogP contribution is -2.57. The highest BCUT2D eigenvalue weighted by molar-refractivity contribution is 9.10. The molecular weight excluding hydrogens is 421 g/mol. The monoisotopic (exact) mass is 440 g/mol. The summed E-state index contributed by atoms with van der Waals surface area (Å²) < 4.78 is 37.5. The first-order valence-corrected chi connectivity index (χ1v) is 8.68. The van der Waals surface area contributed by atoms with E-state index in [0.717, 1.165) is 4.47 Å². The molecular formula is C16H20BrF3N2O4. The van der Waals surface area contributed by atoms with E-state index in [1.165, 1.54) is 0 Å². The number of benzene rings is 1. The number of carbonyl (C=O) groups is 2. The van der Waals surface area contributed by atoms with E-state index in [4.69, 9.17) is 10.2 Å². The topological polar surface area (TPSA) is 98.7 Å². The number of rotatable bonds is 9. The van der Waals surface area contributed by atoms with Crippen LogP contribution in [-0.2, 0) is 9.59 Å². The van der Waals surface area contributed by atoms with Crippen LogP contribution in [0.4, 0.5) is 18.9 Å². The standard InChI is InChI=1S/C16H20BrF3N2O4/c17-11-6-8-12(9-7-11)22-13(23)5-3-1-2-4-10-21-14(24)15(25,26)16(18,19)20/h6-9,25-26H,1-5,10H2,(H,21,24)(H,22,23). The van der Waals surface area contributed by atoms with Gasteiger partial charge in [0.1, 0.15) is 0 Å². The third-order valence-electron chi connectivity index (χ3n) is 3.46. The summed E-state index contributed by atoms with van der Waals surface area (Å²) in [7, 11) is 0. The molecule has 1 aromatic rings. The highest BCUT2D eigenvalue weighted by atomic mass is 79.9. The van der Waals surface area contributed by atoms with Gasteiger partial charge in [-0.3, -0.25) is 9.59 Å². The number of hydrogen-bond donors (Lipinski definition) is 4. The van der Waals surface area contributed by atoms with Crippen molar-refractivity contribution in [1.29, 1.82) is 0 Å². The van der Waals surface area contributed by atoms with Gasteiger partial charge in [-0.2, -0.15) is 13.2 Å². The first kappa shape index (κ1) is 22.4. The molecule has 10 heteroatoms.